The van der Waals surface area contributed by atoms with Crippen LogP contribution in [-0.2, 0) is 6.54 Å². The van der Waals surface area contributed by atoms with Crippen LogP contribution in [0, 0.1) is 10.1 Å². The van der Waals surface area contributed by atoms with Gasteiger partial charge in [0.05, 0.1) is 11.1 Å². The Morgan fingerprint density at radius 3 is 2.89 bits per heavy atom. The highest BCUT2D eigenvalue weighted by Gasteiger charge is 2.18. The first-order valence-electron chi connectivity index (χ1n) is 5.83. The van der Waals surface area contributed by atoms with Gasteiger partial charge in [-0.05, 0) is 12.8 Å². The van der Waals surface area contributed by atoms with E-state index in [1.165, 1.54) is 12.3 Å². The molecule has 0 aliphatic rings. The quantitative estimate of drug-likeness (QED) is 0.430. The van der Waals surface area contributed by atoms with Gasteiger partial charge in [-0.15, -0.1) is 0 Å². The Bertz CT molecular complexity index is 428. The summed E-state index contributed by atoms with van der Waals surface area (Å²) < 4.78 is 1.58. The van der Waals surface area contributed by atoms with Crippen LogP contribution < -0.4 is 5.32 Å². The minimum Gasteiger partial charge on any atom is -0.396 e. The Balaban J connectivity index is 2.84. The van der Waals surface area contributed by atoms with E-state index in [0.29, 0.717) is 19.5 Å². The van der Waals surface area contributed by atoms with Gasteiger partial charge in [0.1, 0.15) is 5.69 Å². The summed E-state index contributed by atoms with van der Waals surface area (Å²) in [6.07, 6.45) is 2.61. The second-order valence-electron chi connectivity index (χ2n) is 3.87. The Morgan fingerprint density at radius 1 is 1.61 bits per heavy atom. The van der Waals surface area contributed by atoms with E-state index in [2.05, 4.69) is 5.32 Å². The minimum atomic E-state index is -0.517. The molecular weight excluding hydrogens is 238 g/mol. The molecule has 0 spiro atoms. The number of aryl methyl sites for hydroxylation is 1. The third-order valence-corrected chi connectivity index (χ3v) is 2.41. The average molecular weight is 255 g/mol. The van der Waals surface area contributed by atoms with E-state index in [9.17, 15) is 14.9 Å². The van der Waals surface area contributed by atoms with Crippen LogP contribution in [-0.4, -0.2) is 33.7 Å². The molecule has 0 saturated heterocycles. The maximum Gasteiger partial charge on any atom is 0.287 e. The fourth-order valence-corrected chi connectivity index (χ4v) is 1.58. The summed E-state index contributed by atoms with van der Waals surface area (Å²) >= 11 is 0. The molecule has 0 saturated carbocycles. The van der Waals surface area contributed by atoms with E-state index < -0.39 is 4.92 Å². The Morgan fingerprint density at radius 2 is 2.33 bits per heavy atom. The van der Waals surface area contributed by atoms with Gasteiger partial charge in [0.15, 0.2) is 0 Å². The number of rotatable bonds is 7. The zero-order valence-electron chi connectivity index (χ0n) is 10.3. The van der Waals surface area contributed by atoms with Crippen molar-refractivity contribution in [1.29, 1.82) is 0 Å². The third-order valence-electron chi connectivity index (χ3n) is 2.41. The topological polar surface area (TPSA) is 97.4 Å². The van der Waals surface area contributed by atoms with Crippen molar-refractivity contribution < 1.29 is 14.8 Å². The van der Waals surface area contributed by atoms with Crippen LogP contribution >= 0.6 is 0 Å². The van der Waals surface area contributed by atoms with Gasteiger partial charge in [-0.3, -0.25) is 14.9 Å². The van der Waals surface area contributed by atoms with Crippen molar-refractivity contribution in [2.24, 2.45) is 0 Å². The van der Waals surface area contributed by atoms with Gasteiger partial charge in [0, 0.05) is 25.8 Å². The van der Waals surface area contributed by atoms with Crippen molar-refractivity contribution in [3.8, 4) is 0 Å². The van der Waals surface area contributed by atoms with E-state index in [4.69, 9.17) is 5.11 Å². The van der Waals surface area contributed by atoms with E-state index >= 15 is 0 Å². The zero-order chi connectivity index (χ0) is 13.5. The number of aromatic nitrogens is 1. The summed E-state index contributed by atoms with van der Waals surface area (Å²) in [6, 6.07) is 1.27. The third kappa shape index (κ3) is 3.56. The first-order chi connectivity index (χ1) is 8.60. The number of aliphatic hydroxyl groups is 1. The Hall–Kier alpha value is -1.89. The molecule has 18 heavy (non-hydrogen) atoms. The number of hydrogen-bond donors (Lipinski definition) is 2. The summed E-state index contributed by atoms with van der Waals surface area (Å²) in [5, 5.41) is 21.9. The summed E-state index contributed by atoms with van der Waals surface area (Å²) in [5.74, 6) is -0.356. The van der Waals surface area contributed by atoms with Gasteiger partial charge in [0.25, 0.3) is 11.6 Å². The van der Waals surface area contributed by atoms with E-state index in [0.717, 1.165) is 6.42 Å². The molecule has 0 bridgehead atoms. The summed E-state index contributed by atoms with van der Waals surface area (Å²) in [5.41, 5.74) is 0.192. The molecule has 0 aliphatic heterocycles. The van der Waals surface area contributed by atoms with Crippen molar-refractivity contribution >= 4 is 11.6 Å². The SMILES string of the molecule is CCCn1cc([N+](=O)[O-])cc1C(=O)NCCCO. The second kappa shape index (κ2) is 6.75. The molecule has 100 valence electrons. The van der Waals surface area contributed by atoms with Crippen LogP contribution in [0.5, 0.6) is 0 Å². The van der Waals surface area contributed by atoms with Crippen molar-refractivity contribution in [2.75, 3.05) is 13.2 Å². The molecule has 0 aliphatic carbocycles. The van der Waals surface area contributed by atoms with Crippen LogP contribution in [0.3, 0.4) is 0 Å². The molecule has 7 nitrogen and oxygen atoms in total. The Kier molecular flexibility index (Phi) is 5.31. The maximum absolute atomic E-state index is 11.8. The molecule has 1 heterocycles. The molecular formula is C11H17N3O4. The van der Waals surface area contributed by atoms with Gasteiger partial charge in [0.2, 0.25) is 0 Å². The average Bonchev–Trinajstić information content (AvgIpc) is 2.74. The monoisotopic (exact) mass is 255 g/mol. The van der Waals surface area contributed by atoms with Crippen LogP contribution in [0.2, 0.25) is 0 Å². The number of amides is 1. The van der Waals surface area contributed by atoms with Gasteiger partial charge in [-0.25, -0.2) is 0 Å². The first kappa shape index (κ1) is 14.2. The number of nitrogens with zero attached hydrogens (tertiary/aromatic N) is 2. The highest BCUT2D eigenvalue weighted by atomic mass is 16.6. The molecule has 7 heteroatoms. The van der Waals surface area contributed by atoms with Gasteiger partial charge in [-0.2, -0.15) is 0 Å². The molecule has 1 rings (SSSR count). The lowest BCUT2D eigenvalue weighted by Gasteiger charge is -2.07. The van der Waals surface area contributed by atoms with Crippen molar-refractivity contribution in [2.45, 2.75) is 26.3 Å². The number of hydrogen-bond acceptors (Lipinski definition) is 4. The van der Waals surface area contributed by atoms with E-state index in [1.54, 1.807) is 4.57 Å². The number of carbonyl (C=O) groups is 1. The smallest absolute Gasteiger partial charge is 0.287 e. The lowest BCUT2D eigenvalue weighted by atomic mass is 10.3. The standard InChI is InChI=1S/C11H17N3O4/c1-2-5-13-8-9(14(17)18)7-10(13)11(16)12-4-3-6-15/h7-8,15H,2-6H2,1H3,(H,12,16). The van der Waals surface area contributed by atoms with Crippen molar-refractivity contribution in [3.05, 3.63) is 28.1 Å². The number of nitro groups is 1. The van der Waals surface area contributed by atoms with Crippen molar-refractivity contribution in [3.63, 3.8) is 0 Å². The fourth-order valence-electron chi connectivity index (χ4n) is 1.58. The molecule has 0 aromatic carbocycles. The first-order valence-corrected chi connectivity index (χ1v) is 5.83. The van der Waals surface area contributed by atoms with Gasteiger partial charge < -0.3 is 15.0 Å². The van der Waals surface area contributed by atoms with Crippen molar-refractivity contribution in [1.82, 2.24) is 9.88 Å². The predicted octanol–water partition coefficient (Wildman–Crippen LogP) is 0.918. The lowest BCUT2D eigenvalue weighted by Crippen LogP contribution is -2.27. The second-order valence-corrected chi connectivity index (χ2v) is 3.87. The van der Waals surface area contributed by atoms with Gasteiger partial charge in [-0.1, -0.05) is 6.92 Å². The molecule has 0 atom stereocenters. The highest BCUT2D eigenvalue weighted by Crippen LogP contribution is 2.16. The lowest BCUT2D eigenvalue weighted by molar-refractivity contribution is -0.384. The predicted molar refractivity (Wildman–Crippen MR) is 65.4 cm³/mol. The summed E-state index contributed by atoms with van der Waals surface area (Å²) in [4.78, 5) is 22.0. The largest absolute Gasteiger partial charge is 0.396 e. The van der Waals surface area contributed by atoms with Crippen LogP contribution in [0.1, 0.15) is 30.3 Å². The normalized spacial score (nSPS) is 10.3. The van der Waals surface area contributed by atoms with E-state index in [1.807, 2.05) is 6.92 Å². The summed E-state index contributed by atoms with van der Waals surface area (Å²) in [7, 11) is 0. The molecule has 1 aromatic rings. The number of aliphatic hydroxyl groups excluding tert-OH is 1. The van der Waals surface area contributed by atoms with Crippen LogP contribution in [0.25, 0.3) is 0 Å². The van der Waals surface area contributed by atoms with E-state index in [-0.39, 0.29) is 23.9 Å². The number of nitrogens with one attached hydrogen (secondary N) is 1. The molecule has 0 radical (unpaired) electrons. The zero-order valence-corrected chi connectivity index (χ0v) is 10.3. The minimum absolute atomic E-state index is 0.00357. The highest BCUT2D eigenvalue weighted by molar-refractivity contribution is 5.93. The number of carbonyl (C=O) groups excluding carboxylic acids is 1. The maximum atomic E-state index is 11.8. The Labute approximate surface area is 105 Å². The molecule has 0 unspecified atom stereocenters. The fraction of sp³-hybridized carbons (Fsp3) is 0.545. The molecule has 0 fully saturated rings. The summed E-state index contributed by atoms with van der Waals surface area (Å²) in [6.45, 7) is 2.83. The van der Waals surface area contributed by atoms with Gasteiger partial charge >= 0.3 is 0 Å². The molecule has 1 aromatic heterocycles. The van der Waals surface area contributed by atoms with Crippen LogP contribution in [0.15, 0.2) is 12.3 Å². The van der Waals surface area contributed by atoms with Crippen LogP contribution in [0.4, 0.5) is 5.69 Å². The molecule has 2 N–H and O–H groups in total. The molecule has 1 amide bonds.